The van der Waals surface area contributed by atoms with Gasteiger partial charge < -0.3 is 0 Å². The summed E-state index contributed by atoms with van der Waals surface area (Å²) >= 11 is 0. The number of halogens is 1. The molecule has 4 rings (SSSR count). The third-order valence-corrected chi connectivity index (χ3v) is 7.48. The summed E-state index contributed by atoms with van der Waals surface area (Å²) in [5, 5.41) is 0. The van der Waals surface area contributed by atoms with Gasteiger partial charge in [-0.15, -0.1) is 12.4 Å². The van der Waals surface area contributed by atoms with Gasteiger partial charge in [0.25, 0.3) is 10.2 Å². The van der Waals surface area contributed by atoms with Gasteiger partial charge in [-0.05, 0) is 42.7 Å². The zero-order valence-electron chi connectivity index (χ0n) is 14.0. The average Bonchev–Trinajstić information content (AvgIpc) is 2.59. The van der Waals surface area contributed by atoms with Crippen molar-refractivity contribution in [3.05, 3.63) is 35.4 Å². The van der Waals surface area contributed by atoms with Crippen LogP contribution in [0.15, 0.2) is 24.3 Å². The van der Waals surface area contributed by atoms with Gasteiger partial charge in [0.15, 0.2) is 0 Å². The number of hydrogen-bond acceptors (Lipinski definition) is 3. The van der Waals surface area contributed by atoms with Crippen LogP contribution in [0.5, 0.6) is 0 Å². The molecule has 0 unspecified atom stereocenters. The van der Waals surface area contributed by atoms with Crippen LogP contribution in [0.4, 0.5) is 0 Å². The first-order chi connectivity index (χ1) is 11.1. The van der Waals surface area contributed by atoms with Gasteiger partial charge in [-0.1, -0.05) is 24.3 Å². The van der Waals surface area contributed by atoms with E-state index in [9.17, 15) is 8.42 Å². The molecule has 5 nitrogen and oxygen atoms in total. The van der Waals surface area contributed by atoms with Crippen molar-refractivity contribution in [1.82, 2.24) is 13.9 Å². The monoisotopic (exact) mass is 371 g/mol. The molecule has 0 aromatic heterocycles. The summed E-state index contributed by atoms with van der Waals surface area (Å²) in [5.41, 5.74) is 2.84. The Labute approximate surface area is 151 Å². The molecule has 2 fully saturated rings. The van der Waals surface area contributed by atoms with Crippen LogP contribution < -0.4 is 4.72 Å². The maximum atomic E-state index is 12.4. The highest BCUT2D eigenvalue weighted by Crippen LogP contribution is 2.43. The van der Waals surface area contributed by atoms with Gasteiger partial charge in [0.2, 0.25) is 0 Å². The number of nitrogens with zero attached hydrogens (tertiary/aromatic N) is 2. The molecule has 0 saturated carbocycles. The fraction of sp³-hybridized carbons (Fsp3) is 0.647. The smallest absolute Gasteiger partial charge is 0.279 e. The summed E-state index contributed by atoms with van der Waals surface area (Å²) in [6.45, 7) is 2.78. The highest BCUT2D eigenvalue weighted by molar-refractivity contribution is 7.87. The Morgan fingerprint density at radius 1 is 1.21 bits per heavy atom. The summed E-state index contributed by atoms with van der Waals surface area (Å²) in [4.78, 5) is 2.58. The summed E-state index contributed by atoms with van der Waals surface area (Å²) in [6, 6.07) is 9.17. The molecule has 3 heterocycles. The lowest BCUT2D eigenvalue weighted by molar-refractivity contribution is 0.0216. The maximum Gasteiger partial charge on any atom is 0.279 e. The van der Waals surface area contributed by atoms with Gasteiger partial charge in [-0.2, -0.15) is 12.7 Å². The molecule has 0 bridgehead atoms. The third-order valence-electron chi connectivity index (χ3n) is 5.89. The molecule has 134 valence electrons. The quantitative estimate of drug-likeness (QED) is 0.864. The summed E-state index contributed by atoms with van der Waals surface area (Å²) in [6.07, 6.45) is 4.15. The Bertz CT molecular complexity index is 697. The highest BCUT2D eigenvalue weighted by atomic mass is 35.5. The molecule has 3 atom stereocenters. The molecule has 3 aliphatic rings. The zero-order chi connectivity index (χ0) is 16.0. The number of benzene rings is 1. The topological polar surface area (TPSA) is 52.7 Å². The van der Waals surface area contributed by atoms with Crippen LogP contribution in [-0.2, 0) is 16.6 Å². The van der Waals surface area contributed by atoms with Gasteiger partial charge in [-0.3, -0.25) is 4.90 Å². The van der Waals surface area contributed by atoms with Crippen LogP contribution in [0.2, 0.25) is 0 Å². The number of fused-ring (bicyclic) bond motifs is 4. The first-order valence-corrected chi connectivity index (χ1v) is 10.1. The fourth-order valence-electron chi connectivity index (χ4n) is 4.77. The minimum Gasteiger partial charge on any atom is -0.296 e. The lowest BCUT2D eigenvalue weighted by atomic mass is 9.77. The Morgan fingerprint density at radius 3 is 2.79 bits per heavy atom. The van der Waals surface area contributed by atoms with Crippen molar-refractivity contribution in [2.75, 3.05) is 26.7 Å². The van der Waals surface area contributed by atoms with E-state index in [0.717, 1.165) is 38.8 Å². The largest absolute Gasteiger partial charge is 0.296 e. The summed E-state index contributed by atoms with van der Waals surface area (Å²) in [5.74, 6) is 0.466. The average molecular weight is 372 g/mol. The van der Waals surface area contributed by atoms with Crippen molar-refractivity contribution >= 4 is 22.6 Å². The molecule has 1 aromatic rings. The van der Waals surface area contributed by atoms with Gasteiger partial charge in [-0.25, -0.2) is 4.72 Å². The van der Waals surface area contributed by atoms with E-state index in [1.54, 1.807) is 4.31 Å². The molecule has 24 heavy (non-hydrogen) atoms. The van der Waals surface area contributed by atoms with Crippen LogP contribution in [0.3, 0.4) is 0 Å². The molecule has 0 aliphatic carbocycles. The van der Waals surface area contributed by atoms with E-state index < -0.39 is 10.2 Å². The fourth-order valence-corrected chi connectivity index (χ4v) is 5.99. The molecule has 0 amide bonds. The van der Waals surface area contributed by atoms with Crippen LogP contribution >= 0.6 is 12.4 Å². The zero-order valence-corrected chi connectivity index (χ0v) is 15.7. The molecule has 0 radical (unpaired) electrons. The minimum absolute atomic E-state index is 0. The minimum atomic E-state index is -3.34. The van der Waals surface area contributed by atoms with E-state index in [0.29, 0.717) is 18.5 Å². The van der Waals surface area contributed by atoms with Crippen molar-refractivity contribution in [3.63, 3.8) is 0 Å². The number of hydrogen-bond donors (Lipinski definition) is 1. The number of piperidine rings is 2. The van der Waals surface area contributed by atoms with Gasteiger partial charge >= 0.3 is 0 Å². The van der Waals surface area contributed by atoms with Crippen molar-refractivity contribution in [1.29, 1.82) is 0 Å². The van der Waals surface area contributed by atoms with E-state index in [2.05, 4.69) is 33.9 Å². The van der Waals surface area contributed by atoms with Gasteiger partial charge in [0, 0.05) is 38.8 Å². The molecule has 3 aliphatic heterocycles. The maximum absolute atomic E-state index is 12.4. The molecule has 1 aromatic carbocycles. The summed E-state index contributed by atoms with van der Waals surface area (Å²) in [7, 11) is -1.82. The molecule has 2 saturated heterocycles. The molecular formula is C17H26ClN3O2S. The molecular weight excluding hydrogens is 346 g/mol. The Kier molecular flexibility index (Phi) is 5.23. The second-order valence-electron chi connectivity index (χ2n) is 6.98. The van der Waals surface area contributed by atoms with Crippen molar-refractivity contribution < 1.29 is 8.42 Å². The second-order valence-corrected chi connectivity index (χ2v) is 8.81. The Hall–Kier alpha value is -0.660. The van der Waals surface area contributed by atoms with Crippen molar-refractivity contribution in [3.8, 4) is 0 Å². The van der Waals surface area contributed by atoms with E-state index in [-0.39, 0.29) is 18.4 Å². The van der Waals surface area contributed by atoms with Crippen LogP contribution in [0, 0.1) is 5.92 Å². The van der Waals surface area contributed by atoms with Crippen LogP contribution in [0.1, 0.15) is 36.4 Å². The van der Waals surface area contributed by atoms with Crippen LogP contribution in [-0.4, -0.2) is 50.3 Å². The summed E-state index contributed by atoms with van der Waals surface area (Å²) < 4.78 is 29.1. The Balaban J connectivity index is 0.00000169. The van der Waals surface area contributed by atoms with E-state index in [1.165, 1.54) is 18.2 Å². The van der Waals surface area contributed by atoms with E-state index in [4.69, 9.17) is 0 Å². The first-order valence-electron chi connectivity index (χ1n) is 8.62. The van der Waals surface area contributed by atoms with Gasteiger partial charge in [0.05, 0.1) is 0 Å². The highest BCUT2D eigenvalue weighted by Gasteiger charge is 2.45. The predicted octanol–water partition coefficient (Wildman–Crippen LogP) is 1.96. The van der Waals surface area contributed by atoms with Crippen molar-refractivity contribution in [2.45, 2.75) is 37.8 Å². The third kappa shape index (κ3) is 2.99. The molecule has 0 spiro atoms. The number of nitrogens with one attached hydrogen (secondary N) is 1. The van der Waals surface area contributed by atoms with Crippen LogP contribution in [0.25, 0.3) is 0 Å². The first kappa shape index (κ1) is 18.1. The molecule has 7 heteroatoms. The van der Waals surface area contributed by atoms with Gasteiger partial charge in [0.1, 0.15) is 0 Å². The van der Waals surface area contributed by atoms with E-state index in [1.807, 2.05) is 0 Å². The SMILES string of the molecule is CNS(=O)(=O)N1CCC[C@@H]2CN3CCc4ccccc4[C@H]3C[C@@H]21.Cl. The lowest BCUT2D eigenvalue weighted by Gasteiger charge is -2.51. The lowest BCUT2D eigenvalue weighted by Crippen LogP contribution is -2.58. The predicted molar refractivity (Wildman–Crippen MR) is 97.5 cm³/mol. The van der Waals surface area contributed by atoms with E-state index >= 15 is 0 Å². The van der Waals surface area contributed by atoms with Crippen molar-refractivity contribution in [2.24, 2.45) is 5.92 Å². The number of rotatable bonds is 2. The standard InChI is InChI=1S/C17H25N3O2S.ClH/c1-18-23(21,22)20-9-4-6-14-12-19-10-8-13-5-2-3-7-15(13)17(19)11-16(14)20;/h2-3,5,7,14,16-18H,4,6,8-12H2,1H3;1H/t14-,16+,17-;/m1./s1. The Morgan fingerprint density at radius 2 is 2.00 bits per heavy atom. The normalized spacial score (nSPS) is 30.6. The molecule has 1 N–H and O–H groups in total. The second kappa shape index (κ2) is 6.92.